The molecule has 0 aromatic rings. The highest BCUT2D eigenvalue weighted by Gasteiger charge is 2.13. The molecule has 23 heavy (non-hydrogen) atoms. The highest BCUT2D eigenvalue weighted by molar-refractivity contribution is 5.81. The van der Waals surface area contributed by atoms with Crippen molar-refractivity contribution in [2.45, 2.75) is 0 Å². The van der Waals surface area contributed by atoms with E-state index in [1.165, 1.54) is 6.08 Å². The molecule has 8 heteroatoms. The third kappa shape index (κ3) is 19.7. The van der Waals surface area contributed by atoms with Crippen LogP contribution in [0.2, 0.25) is 0 Å². The summed E-state index contributed by atoms with van der Waals surface area (Å²) in [6.07, 6.45) is 3.37. The smallest absolute Gasteiger partial charge is 0.330 e. The first-order valence-electron chi connectivity index (χ1n) is 6.91. The van der Waals surface area contributed by atoms with E-state index in [0.29, 0.717) is 0 Å². The van der Waals surface area contributed by atoms with Gasteiger partial charge in [0, 0.05) is 18.1 Å². The number of carbonyl (C=O) groups excluding carboxylic acids is 3. The lowest BCUT2D eigenvalue weighted by Gasteiger charge is -2.13. The van der Waals surface area contributed by atoms with Crippen LogP contribution in [0.4, 0.5) is 0 Å². The minimum Gasteiger partial charge on any atom is -0.462 e. The van der Waals surface area contributed by atoms with Crippen molar-refractivity contribution < 1.29 is 33.3 Å². The predicted molar refractivity (Wildman–Crippen MR) is 80.4 cm³/mol. The summed E-state index contributed by atoms with van der Waals surface area (Å²) in [4.78, 5) is 34.9. The van der Waals surface area contributed by atoms with Gasteiger partial charge in [0.1, 0.15) is 0 Å². The Morgan fingerprint density at radius 3 is 1.70 bits per heavy atom. The van der Waals surface area contributed by atoms with Crippen molar-refractivity contribution in [1.29, 1.82) is 0 Å². The van der Waals surface area contributed by atoms with E-state index in [2.05, 4.69) is 27.6 Å². The molecule has 0 aromatic heterocycles. The van der Waals surface area contributed by atoms with Crippen LogP contribution in [0, 0.1) is 5.92 Å². The topological polar surface area (TPSA) is 107 Å². The molecule has 8 nitrogen and oxygen atoms in total. The van der Waals surface area contributed by atoms with Gasteiger partial charge in [-0.15, -0.1) is 0 Å². The Bertz CT molecular complexity index is 390. The summed E-state index contributed by atoms with van der Waals surface area (Å²) < 4.78 is 18.5. The van der Waals surface area contributed by atoms with Crippen LogP contribution >= 0.6 is 0 Å². The lowest BCUT2D eigenvalue weighted by atomic mass is 10.2. The van der Waals surface area contributed by atoms with E-state index in [-0.39, 0.29) is 19.8 Å². The number of aliphatic imine (C=N–C) groups is 1. The van der Waals surface area contributed by atoms with Gasteiger partial charge in [0.05, 0.1) is 46.2 Å². The molecule has 0 aliphatic carbocycles. The van der Waals surface area contributed by atoms with Gasteiger partial charge in [0.15, 0.2) is 0 Å². The van der Waals surface area contributed by atoms with Gasteiger partial charge in [-0.05, 0) is 0 Å². The van der Waals surface area contributed by atoms with Crippen LogP contribution in [-0.4, -0.2) is 64.2 Å². The van der Waals surface area contributed by atoms with Crippen molar-refractivity contribution in [1.82, 2.24) is 0 Å². The molecule has 0 aromatic carbocycles. The maximum Gasteiger partial charge on any atom is 0.330 e. The number of epoxide rings is 2. The van der Waals surface area contributed by atoms with Crippen LogP contribution in [0.5, 0.6) is 0 Å². The number of ether oxygens (including phenoxy) is 4. The third-order valence-electron chi connectivity index (χ3n) is 2.08. The standard InChI is InChI=1S/C11H13NO5.2C2H4O/c1-3-10(14)16-6-9(5-12-8-13)7-17-11(15)4-2;2*1-2-3-1/h3-4,9H,1-2,5-7H2;2*1-2H2. The quantitative estimate of drug-likeness (QED) is 0.209. The monoisotopic (exact) mass is 327 g/mol. The zero-order valence-electron chi connectivity index (χ0n) is 12.9. The van der Waals surface area contributed by atoms with E-state index < -0.39 is 17.9 Å². The third-order valence-corrected chi connectivity index (χ3v) is 2.08. The summed E-state index contributed by atoms with van der Waals surface area (Å²) in [6.45, 7) is 10.5. The molecule has 2 aliphatic heterocycles. The molecule has 0 amide bonds. The maximum atomic E-state index is 10.8. The molecule has 0 unspecified atom stereocenters. The molecule has 0 N–H and O–H groups in total. The number of hydrogen-bond donors (Lipinski definition) is 0. The summed E-state index contributed by atoms with van der Waals surface area (Å²) in [6, 6.07) is 0. The number of esters is 2. The van der Waals surface area contributed by atoms with Gasteiger partial charge < -0.3 is 18.9 Å². The van der Waals surface area contributed by atoms with E-state index in [1.54, 1.807) is 0 Å². The second-order valence-electron chi connectivity index (χ2n) is 4.19. The Hall–Kier alpha value is -2.28. The highest BCUT2D eigenvalue weighted by Crippen LogP contribution is 2.01. The van der Waals surface area contributed by atoms with Gasteiger partial charge in [-0.25, -0.2) is 19.4 Å². The van der Waals surface area contributed by atoms with Crippen molar-refractivity contribution in [3.8, 4) is 0 Å². The van der Waals surface area contributed by atoms with Gasteiger partial charge in [-0.3, -0.25) is 0 Å². The van der Waals surface area contributed by atoms with E-state index in [9.17, 15) is 14.4 Å². The molecule has 0 atom stereocenters. The molecular formula is C15H21NO7. The molecule has 2 fully saturated rings. The SMILES string of the molecule is C1CO1.C1CO1.C=CC(=O)OCC(CN=C=O)COC(=O)C=C. The maximum absolute atomic E-state index is 10.8. The molecule has 2 saturated heterocycles. The minimum absolute atomic E-state index is 0.0273. The Morgan fingerprint density at radius 1 is 1.04 bits per heavy atom. The predicted octanol–water partition coefficient (Wildman–Crippen LogP) is 0.430. The molecule has 2 aliphatic rings. The Balaban J connectivity index is 0.000000653. The number of isocyanates is 1. The summed E-state index contributed by atoms with van der Waals surface area (Å²) >= 11 is 0. The highest BCUT2D eigenvalue weighted by atomic mass is 16.6. The van der Waals surface area contributed by atoms with E-state index >= 15 is 0 Å². The fraction of sp³-hybridized carbons (Fsp3) is 0.533. The van der Waals surface area contributed by atoms with E-state index in [4.69, 9.17) is 9.47 Å². The minimum atomic E-state index is -0.597. The van der Waals surface area contributed by atoms with Crippen LogP contribution in [0.1, 0.15) is 0 Å². The molecule has 128 valence electrons. The second kappa shape index (κ2) is 14.6. The number of nitrogens with zero attached hydrogens (tertiary/aromatic N) is 1. The fourth-order valence-corrected chi connectivity index (χ4v) is 0.838. The largest absolute Gasteiger partial charge is 0.462 e. The summed E-state index contributed by atoms with van der Waals surface area (Å²) in [5.74, 6) is -1.59. The molecule has 0 radical (unpaired) electrons. The summed E-state index contributed by atoms with van der Waals surface area (Å²) in [5.41, 5.74) is 0. The molecule has 0 spiro atoms. The Kier molecular flexibility index (Phi) is 13.2. The lowest BCUT2D eigenvalue weighted by molar-refractivity contribution is -0.142. The number of rotatable bonds is 8. The van der Waals surface area contributed by atoms with Crippen LogP contribution in [0.15, 0.2) is 30.3 Å². The van der Waals surface area contributed by atoms with Gasteiger partial charge in [0.2, 0.25) is 6.08 Å². The van der Waals surface area contributed by atoms with E-state index in [1.807, 2.05) is 0 Å². The van der Waals surface area contributed by atoms with Gasteiger partial charge in [-0.2, -0.15) is 0 Å². The van der Waals surface area contributed by atoms with Crippen LogP contribution in [0.25, 0.3) is 0 Å². The van der Waals surface area contributed by atoms with Crippen molar-refractivity contribution in [3.05, 3.63) is 25.3 Å². The first-order chi connectivity index (χ1) is 11.1. The molecule has 0 bridgehead atoms. The normalized spacial score (nSPS) is 12.9. The zero-order chi connectivity index (χ0) is 17.3. The first kappa shape index (κ1) is 20.7. The molecule has 0 saturated carbocycles. The van der Waals surface area contributed by atoms with Gasteiger partial charge in [-0.1, -0.05) is 13.2 Å². The van der Waals surface area contributed by atoms with Gasteiger partial charge in [0.25, 0.3) is 0 Å². The number of hydrogen-bond acceptors (Lipinski definition) is 8. The Labute approximate surface area is 134 Å². The van der Waals surface area contributed by atoms with Crippen molar-refractivity contribution in [2.75, 3.05) is 46.2 Å². The fourth-order valence-electron chi connectivity index (χ4n) is 0.838. The van der Waals surface area contributed by atoms with Crippen molar-refractivity contribution in [2.24, 2.45) is 10.9 Å². The van der Waals surface area contributed by atoms with Crippen LogP contribution < -0.4 is 0 Å². The van der Waals surface area contributed by atoms with Crippen LogP contribution in [0.3, 0.4) is 0 Å². The van der Waals surface area contributed by atoms with Crippen molar-refractivity contribution >= 4 is 18.0 Å². The lowest BCUT2D eigenvalue weighted by Crippen LogP contribution is -2.22. The Morgan fingerprint density at radius 2 is 1.43 bits per heavy atom. The molecule has 2 heterocycles. The van der Waals surface area contributed by atoms with E-state index in [0.717, 1.165) is 38.6 Å². The number of carbonyl (C=O) groups is 2. The summed E-state index contributed by atoms with van der Waals surface area (Å²) in [7, 11) is 0. The average Bonchev–Trinajstić information content (AvgIpc) is 3.45. The van der Waals surface area contributed by atoms with Gasteiger partial charge >= 0.3 is 11.9 Å². The molecule has 2 rings (SSSR count). The molecular weight excluding hydrogens is 306 g/mol. The second-order valence-corrected chi connectivity index (χ2v) is 4.19. The van der Waals surface area contributed by atoms with Crippen LogP contribution in [-0.2, 0) is 33.3 Å². The van der Waals surface area contributed by atoms with Crippen molar-refractivity contribution in [3.63, 3.8) is 0 Å². The first-order valence-corrected chi connectivity index (χ1v) is 6.91. The zero-order valence-corrected chi connectivity index (χ0v) is 12.9. The summed E-state index contributed by atoms with van der Waals surface area (Å²) in [5, 5.41) is 0. The average molecular weight is 327 g/mol.